The summed E-state index contributed by atoms with van der Waals surface area (Å²) >= 11 is 0. The molecule has 0 atom stereocenters. The molecule has 1 aliphatic carbocycles. The lowest BCUT2D eigenvalue weighted by atomic mass is 9.89. The van der Waals surface area contributed by atoms with Gasteiger partial charge >= 0.3 is 0 Å². The van der Waals surface area contributed by atoms with Crippen LogP contribution in [0.5, 0.6) is 0 Å². The predicted molar refractivity (Wildman–Crippen MR) is 117 cm³/mol. The number of anilines is 1. The zero-order chi connectivity index (χ0) is 20.9. The van der Waals surface area contributed by atoms with Crippen LogP contribution in [-0.2, 0) is 17.6 Å². The summed E-state index contributed by atoms with van der Waals surface area (Å²) in [5.74, 6) is -0.147. The fraction of sp³-hybridized carbons (Fsp3) is 0.400. The van der Waals surface area contributed by atoms with Crippen molar-refractivity contribution in [2.45, 2.75) is 51.4 Å². The van der Waals surface area contributed by atoms with Gasteiger partial charge in [-0.05, 0) is 80.0 Å². The second-order valence-corrected chi connectivity index (χ2v) is 8.24. The lowest BCUT2D eigenvalue weighted by molar-refractivity contribution is -0.116. The molecule has 0 aromatic heterocycles. The Bertz CT molecular complexity index is 943. The largest absolute Gasteiger partial charge is 0.339 e. The highest BCUT2D eigenvalue weighted by molar-refractivity contribution is 6.00. The minimum Gasteiger partial charge on any atom is -0.339 e. The van der Waals surface area contributed by atoms with Crippen molar-refractivity contribution < 1.29 is 14.4 Å². The van der Waals surface area contributed by atoms with Crippen LogP contribution in [0.4, 0.5) is 5.69 Å². The number of carbonyl (C=O) groups excluding carboxylic acids is 3. The molecule has 1 fully saturated rings. The Labute approximate surface area is 177 Å². The van der Waals surface area contributed by atoms with E-state index in [0.29, 0.717) is 16.8 Å². The third kappa shape index (κ3) is 4.78. The molecular weight excluding hydrogens is 376 g/mol. The zero-order valence-corrected chi connectivity index (χ0v) is 17.3. The molecule has 2 aliphatic rings. The van der Waals surface area contributed by atoms with Gasteiger partial charge < -0.3 is 10.2 Å². The standard InChI is InChI=1S/C25H28N2O3/c28-23(21-8-7-18-5-1-2-6-20(18)17-21)13-14-24(29)26-22-11-9-19(10-12-22)25(30)27-15-3-4-16-27/h7-12,17H,1-6,13-16H2,(H,26,29). The van der Waals surface area contributed by atoms with E-state index >= 15 is 0 Å². The van der Waals surface area contributed by atoms with Gasteiger partial charge in [-0.15, -0.1) is 0 Å². The van der Waals surface area contributed by atoms with E-state index in [2.05, 4.69) is 11.4 Å². The number of aryl methyl sites for hydroxylation is 2. The van der Waals surface area contributed by atoms with Gasteiger partial charge in [0.05, 0.1) is 0 Å². The van der Waals surface area contributed by atoms with E-state index in [9.17, 15) is 14.4 Å². The first-order valence-corrected chi connectivity index (χ1v) is 10.9. The smallest absolute Gasteiger partial charge is 0.253 e. The van der Waals surface area contributed by atoms with E-state index in [-0.39, 0.29) is 30.4 Å². The molecule has 0 radical (unpaired) electrons. The maximum absolute atomic E-state index is 12.5. The van der Waals surface area contributed by atoms with E-state index in [0.717, 1.165) is 38.8 Å². The minimum atomic E-state index is -0.195. The van der Waals surface area contributed by atoms with Crippen molar-refractivity contribution in [1.29, 1.82) is 0 Å². The molecule has 1 heterocycles. The Morgan fingerprint density at radius 2 is 1.43 bits per heavy atom. The molecule has 0 spiro atoms. The van der Waals surface area contributed by atoms with Crippen LogP contribution in [0.15, 0.2) is 42.5 Å². The van der Waals surface area contributed by atoms with E-state index < -0.39 is 0 Å². The van der Waals surface area contributed by atoms with Gasteiger partial charge in [0, 0.05) is 42.7 Å². The van der Waals surface area contributed by atoms with Gasteiger partial charge in [0.2, 0.25) is 5.91 Å². The maximum Gasteiger partial charge on any atom is 0.253 e. The van der Waals surface area contributed by atoms with Crippen molar-refractivity contribution in [3.05, 3.63) is 64.7 Å². The SMILES string of the molecule is O=C(CCC(=O)c1ccc2c(c1)CCCC2)Nc1ccc(C(=O)N2CCCC2)cc1. The topological polar surface area (TPSA) is 66.5 Å². The van der Waals surface area contributed by atoms with E-state index in [1.807, 2.05) is 17.0 Å². The molecule has 2 aromatic rings. The van der Waals surface area contributed by atoms with Crippen LogP contribution in [0, 0.1) is 0 Å². The summed E-state index contributed by atoms with van der Waals surface area (Å²) in [6.45, 7) is 1.63. The van der Waals surface area contributed by atoms with Crippen LogP contribution in [0.2, 0.25) is 0 Å². The average Bonchev–Trinajstić information content (AvgIpc) is 3.32. The van der Waals surface area contributed by atoms with Gasteiger partial charge in [-0.3, -0.25) is 14.4 Å². The number of Topliss-reactive ketones (excluding diaryl/α,β-unsaturated/α-hetero) is 1. The molecule has 0 saturated carbocycles. The number of benzene rings is 2. The normalized spacial score (nSPS) is 15.5. The molecule has 5 nitrogen and oxygen atoms in total. The van der Waals surface area contributed by atoms with Crippen molar-refractivity contribution in [3.63, 3.8) is 0 Å². The van der Waals surface area contributed by atoms with Crippen LogP contribution < -0.4 is 5.32 Å². The summed E-state index contributed by atoms with van der Waals surface area (Å²) in [5, 5.41) is 2.82. The Morgan fingerprint density at radius 1 is 0.767 bits per heavy atom. The minimum absolute atomic E-state index is 0.00470. The maximum atomic E-state index is 12.5. The molecule has 5 heteroatoms. The van der Waals surface area contributed by atoms with Crippen molar-refractivity contribution in [2.24, 2.45) is 0 Å². The van der Waals surface area contributed by atoms with Crippen LogP contribution in [0.25, 0.3) is 0 Å². The Hall–Kier alpha value is -2.95. The molecular formula is C25H28N2O3. The van der Waals surface area contributed by atoms with Crippen molar-refractivity contribution in [3.8, 4) is 0 Å². The summed E-state index contributed by atoms with van der Waals surface area (Å²) in [6, 6.07) is 12.9. The first-order chi connectivity index (χ1) is 14.6. The van der Waals surface area contributed by atoms with Crippen LogP contribution in [0.1, 0.15) is 70.4 Å². The molecule has 1 N–H and O–H groups in total. The first kappa shape index (κ1) is 20.3. The van der Waals surface area contributed by atoms with E-state index in [1.54, 1.807) is 24.3 Å². The molecule has 30 heavy (non-hydrogen) atoms. The van der Waals surface area contributed by atoms with Crippen LogP contribution in [0.3, 0.4) is 0 Å². The summed E-state index contributed by atoms with van der Waals surface area (Å²) in [7, 11) is 0. The number of likely N-dealkylation sites (tertiary alicyclic amines) is 1. The number of carbonyl (C=O) groups is 3. The van der Waals surface area contributed by atoms with Crippen molar-refractivity contribution in [1.82, 2.24) is 4.90 Å². The second-order valence-electron chi connectivity index (χ2n) is 8.24. The number of hydrogen-bond acceptors (Lipinski definition) is 3. The summed E-state index contributed by atoms with van der Waals surface area (Å²) in [4.78, 5) is 39.0. The zero-order valence-electron chi connectivity index (χ0n) is 17.3. The Morgan fingerprint density at radius 3 is 2.17 bits per heavy atom. The lowest BCUT2D eigenvalue weighted by Crippen LogP contribution is -2.27. The van der Waals surface area contributed by atoms with Gasteiger partial charge in [-0.1, -0.05) is 12.1 Å². The van der Waals surface area contributed by atoms with E-state index in [1.165, 1.54) is 24.0 Å². The molecule has 0 bridgehead atoms. The number of amides is 2. The second kappa shape index (κ2) is 9.24. The van der Waals surface area contributed by atoms with Gasteiger partial charge in [-0.2, -0.15) is 0 Å². The molecule has 2 aromatic carbocycles. The van der Waals surface area contributed by atoms with Gasteiger partial charge in [0.1, 0.15) is 0 Å². The van der Waals surface area contributed by atoms with Crippen molar-refractivity contribution in [2.75, 3.05) is 18.4 Å². The molecule has 0 unspecified atom stereocenters. The number of ketones is 1. The van der Waals surface area contributed by atoms with Gasteiger partial charge in [-0.25, -0.2) is 0 Å². The number of hydrogen-bond donors (Lipinski definition) is 1. The molecule has 4 rings (SSSR count). The highest BCUT2D eigenvalue weighted by Crippen LogP contribution is 2.23. The summed E-state index contributed by atoms with van der Waals surface area (Å²) in [6.07, 6.45) is 6.97. The van der Waals surface area contributed by atoms with E-state index in [4.69, 9.17) is 0 Å². The fourth-order valence-electron chi connectivity index (χ4n) is 4.30. The Balaban J connectivity index is 1.28. The monoisotopic (exact) mass is 404 g/mol. The third-order valence-electron chi connectivity index (χ3n) is 6.06. The fourth-order valence-corrected chi connectivity index (χ4v) is 4.30. The average molecular weight is 405 g/mol. The number of nitrogens with zero attached hydrogens (tertiary/aromatic N) is 1. The summed E-state index contributed by atoms with van der Waals surface area (Å²) < 4.78 is 0. The number of rotatable bonds is 6. The van der Waals surface area contributed by atoms with Crippen LogP contribution >= 0.6 is 0 Å². The Kier molecular flexibility index (Phi) is 6.26. The first-order valence-electron chi connectivity index (χ1n) is 10.9. The lowest BCUT2D eigenvalue weighted by Gasteiger charge is -2.16. The highest BCUT2D eigenvalue weighted by atomic mass is 16.2. The molecule has 2 amide bonds. The number of nitrogens with one attached hydrogen (secondary N) is 1. The highest BCUT2D eigenvalue weighted by Gasteiger charge is 2.19. The number of fused-ring (bicyclic) bond motifs is 1. The quantitative estimate of drug-likeness (QED) is 0.726. The van der Waals surface area contributed by atoms with Gasteiger partial charge in [0.25, 0.3) is 5.91 Å². The molecule has 1 saturated heterocycles. The van der Waals surface area contributed by atoms with Gasteiger partial charge in [0.15, 0.2) is 5.78 Å². The molecule has 156 valence electrons. The molecule has 1 aliphatic heterocycles. The summed E-state index contributed by atoms with van der Waals surface area (Å²) in [5.41, 5.74) is 4.60. The third-order valence-corrected chi connectivity index (χ3v) is 6.06. The predicted octanol–water partition coefficient (Wildman–Crippen LogP) is 4.40. The van der Waals surface area contributed by atoms with Crippen molar-refractivity contribution >= 4 is 23.3 Å². The van der Waals surface area contributed by atoms with Crippen LogP contribution in [-0.4, -0.2) is 35.6 Å².